The molecule has 41 heavy (non-hydrogen) atoms. The van der Waals surface area contributed by atoms with Crippen LogP contribution in [-0.4, -0.2) is 15.4 Å². The van der Waals surface area contributed by atoms with Gasteiger partial charge in [0.1, 0.15) is 9.52 Å². The SMILES string of the molecule is CC(C)c1ccccc1C([NH-])=O.[Cl-].[Cl-].[Ti+4].c1ccc([Si]c2ccccc2)cc1.c1ccc2c(c1)[cH-]c1ccccc12. The Morgan fingerprint density at radius 3 is 1.41 bits per heavy atom. The van der Waals surface area contributed by atoms with Crippen LogP contribution in [0, 0.1) is 0 Å². The minimum absolute atomic E-state index is 0. The number of benzene rings is 5. The molecule has 0 aliphatic rings. The second-order valence-corrected chi connectivity index (χ2v) is 10.7. The number of hydrogen-bond acceptors (Lipinski definition) is 1. The summed E-state index contributed by atoms with van der Waals surface area (Å²) in [5.74, 6) is -0.296. The Hall–Kier alpha value is -3.05. The number of fused-ring (bicyclic) bond motifs is 3. The molecule has 0 spiro atoms. The van der Waals surface area contributed by atoms with Crippen molar-refractivity contribution in [3.05, 3.63) is 156 Å². The third-order valence-corrected chi connectivity index (χ3v) is 7.43. The summed E-state index contributed by atoms with van der Waals surface area (Å²) in [5, 5.41) is 8.19. The van der Waals surface area contributed by atoms with Gasteiger partial charge in [0.05, 0.1) is 5.91 Å². The van der Waals surface area contributed by atoms with Gasteiger partial charge in [-0.3, -0.25) is 0 Å². The fraction of sp³-hybridized carbons (Fsp3) is 0.0857. The molecule has 0 atom stereocenters. The molecule has 0 saturated heterocycles. The summed E-state index contributed by atoms with van der Waals surface area (Å²) in [6, 6.07) is 47.7. The minimum Gasteiger partial charge on any atom is -1.00 e. The van der Waals surface area contributed by atoms with Crippen LogP contribution in [-0.2, 0) is 21.7 Å². The zero-order valence-electron chi connectivity index (χ0n) is 23.0. The standard InChI is InChI=1S/C13H9.C12H10Si.C10H13NO.2ClH.Ti/c1-3-7-12-10(5-1)9-11-6-2-4-8-13(11)12;1-3-7-11(8-4-1)13-12-9-5-2-6-10-12;1-7(2)8-5-3-4-6-9(8)10(11)12;;;/h1-9H;1-10H;3-7H,1-2H3,(H2,11,12);2*1H;/q-1;;;;;+4/p-3. The Morgan fingerprint density at radius 1 is 0.610 bits per heavy atom. The first-order valence-corrected chi connectivity index (χ1v) is 13.8. The van der Waals surface area contributed by atoms with E-state index in [1.807, 2.05) is 26.0 Å². The van der Waals surface area contributed by atoms with Gasteiger partial charge in [0.15, 0.2) is 0 Å². The zero-order chi connectivity index (χ0) is 26.7. The monoisotopic (exact) mass is 627 g/mol. The first-order chi connectivity index (χ1) is 18.5. The molecule has 0 heterocycles. The fourth-order valence-electron chi connectivity index (χ4n) is 4.32. The molecular weight excluding hydrogens is 597 g/mol. The third-order valence-electron chi connectivity index (χ3n) is 6.19. The van der Waals surface area contributed by atoms with Gasteiger partial charge in [0, 0.05) is 5.56 Å². The summed E-state index contributed by atoms with van der Waals surface area (Å²) in [7, 11) is 0.777. The maximum absolute atomic E-state index is 10.8. The van der Waals surface area contributed by atoms with Crippen molar-refractivity contribution in [2.45, 2.75) is 19.8 Å². The molecule has 2 nitrogen and oxygen atoms in total. The maximum Gasteiger partial charge on any atom is 4.00 e. The van der Waals surface area contributed by atoms with Gasteiger partial charge >= 0.3 is 21.7 Å². The molecular formula is C35H31Cl2NOSiTi. The van der Waals surface area contributed by atoms with E-state index >= 15 is 0 Å². The summed E-state index contributed by atoms with van der Waals surface area (Å²) in [4.78, 5) is 10.8. The number of halogens is 2. The van der Waals surface area contributed by atoms with E-state index in [0.717, 1.165) is 15.1 Å². The van der Waals surface area contributed by atoms with Gasteiger partial charge in [-0.2, -0.15) is 0 Å². The van der Waals surface area contributed by atoms with Gasteiger partial charge in [-0.15, -0.1) is 39.7 Å². The molecule has 0 bridgehead atoms. The van der Waals surface area contributed by atoms with Crippen LogP contribution >= 0.6 is 0 Å². The molecule has 0 saturated carbocycles. The van der Waals surface area contributed by atoms with Gasteiger partial charge in [0.25, 0.3) is 0 Å². The average molecular weight is 628 g/mol. The van der Waals surface area contributed by atoms with Gasteiger partial charge < -0.3 is 35.3 Å². The maximum atomic E-state index is 10.8. The minimum atomic E-state index is -0.598. The van der Waals surface area contributed by atoms with Crippen LogP contribution in [0.15, 0.2) is 140 Å². The van der Waals surface area contributed by atoms with Crippen LogP contribution in [0.1, 0.15) is 35.7 Å². The molecule has 6 aromatic rings. The third kappa shape index (κ3) is 10.4. The van der Waals surface area contributed by atoms with Gasteiger partial charge in [0.2, 0.25) is 0 Å². The molecule has 6 heteroatoms. The summed E-state index contributed by atoms with van der Waals surface area (Å²) in [5.41, 5.74) is 8.49. The fourth-order valence-corrected chi connectivity index (χ4v) is 5.37. The molecule has 6 aromatic carbocycles. The Morgan fingerprint density at radius 2 is 1.00 bits per heavy atom. The Kier molecular flexibility index (Phi) is 16.1. The van der Waals surface area contributed by atoms with Crippen LogP contribution in [0.3, 0.4) is 0 Å². The number of carbonyl (C=O) groups is 1. The zero-order valence-corrected chi connectivity index (χ0v) is 27.1. The summed E-state index contributed by atoms with van der Waals surface area (Å²) in [6.07, 6.45) is 0. The predicted octanol–water partition coefficient (Wildman–Crippen LogP) is 2.06. The van der Waals surface area contributed by atoms with Crippen molar-refractivity contribution in [3.63, 3.8) is 0 Å². The van der Waals surface area contributed by atoms with Crippen molar-refractivity contribution in [1.29, 1.82) is 0 Å². The van der Waals surface area contributed by atoms with Gasteiger partial charge in [-0.25, -0.2) is 0 Å². The van der Waals surface area contributed by atoms with E-state index in [0.29, 0.717) is 11.5 Å². The smallest absolute Gasteiger partial charge is 1.00 e. The van der Waals surface area contributed by atoms with Crippen LogP contribution in [0.2, 0.25) is 0 Å². The molecule has 0 aromatic heterocycles. The molecule has 2 radical (unpaired) electrons. The van der Waals surface area contributed by atoms with Crippen LogP contribution in [0.25, 0.3) is 27.3 Å². The van der Waals surface area contributed by atoms with E-state index in [1.165, 1.54) is 31.9 Å². The summed E-state index contributed by atoms with van der Waals surface area (Å²) < 4.78 is 0. The number of amides is 1. The number of hydrogen-bond donors (Lipinski definition) is 0. The molecule has 0 unspecified atom stereocenters. The van der Waals surface area contributed by atoms with Crippen LogP contribution in [0.4, 0.5) is 0 Å². The van der Waals surface area contributed by atoms with Crippen molar-refractivity contribution in [2.24, 2.45) is 0 Å². The van der Waals surface area contributed by atoms with Crippen molar-refractivity contribution in [1.82, 2.24) is 0 Å². The number of rotatable bonds is 4. The number of nitrogens with one attached hydrogen (secondary N) is 1. The van der Waals surface area contributed by atoms with Crippen LogP contribution < -0.4 is 35.2 Å². The van der Waals surface area contributed by atoms with Gasteiger partial charge in [-0.1, -0.05) is 146 Å². The quantitative estimate of drug-likeness (QED) is 0.218. The van der Waals surface area contributed by atoms with E-state index in [2.05, 4.69) is 115 Å². The molecule has 204 valence electrons. The first-order valence-electron chi connectivity index (χ1n) is 12.8. The summed E-state index contributed by atoms with van der Waals surface area (Å²) in [6.45, 7) is 4.03. The molecule has 0 aliphatic heterocycles. The Labute approximate surface area is 273 Å². The molecule has 1 N–H and O–H groups in total. The molecule has 6 rings (SSSR count). The largest absolute Gasteiger partial charge is 4.00 e. The second kappa shape index (κ2) is 18.4. The van der Waals surface area contributed by atoms with E-state index in [-0.39, 0.29) is 46.5 Å². The Balaban J connectivity index is 0.000000297. The average Bonchev–Trinajstić information content (AvgIpc) is 3.34. The van der Waals surface area contributed by atoms with Crippen LogP contribution in [0.5, 0.6) is 0 Å². The van der Waals surface area contributed by atoms with Crippen molar-refractivity contribution >= 4 is 47.3 Å². The predicted molar refractivity (Wildman–Crippen MR) is 164 cm³/mol. The van der Waals surface area contributed by atoms with Crippen molar-refractivity contribution in [2.75, 3.05) is 0 Å². The molecule has 0 aliphatic carbocycles. The van der Waals surface area contributed by atoms with Crippen molar-refractivity contribution in [3.8, 4) is 0 Å². The van der Waals surface area contributed by atoms with E-state index in [1.54, 1.807) is 12.1 Å². The number of carbonyl (C=O) groups excluding carboxylic acids is 1. The van der Waals surface area contributed by atoms with E-state index < -0.39 is 5.91 Å². The first kappa shape index (κ1) is 36.0. The van der Waals surface area contributed by atoms with Crippen molar-refractivity contribution < 1.29 is 51.3 Å². The molecule has 1 amide bonds. The molecule has 0 fully saturated rings. The van der Waals surface area contributed by atoms with E-state index in [9.17, 15) is 4.79 Å². The van der Waals surface area contributed by atoms with Gasteiger partial charge in [-0.05, 0) is 11.5 Å². The summed E-state index contributed by atoms with van der Waals surface area (Å²) >= 11 is 0. The Bertz CT molecular complexity index is 1520. The normalized spacial score (nSPS) is 9.63. The second-order valence-electron chi connectivity index (χ2n) is 9.25. The van der Waals surface area contributed by atoms with E-state index in [4.69, 9.17) is 5.73 Å². The topological polar surface area (TPSA) is 40.9 Å².